The highest BCUT2D eigenvalue weighted by Crippen LogP contribution is 2.31. The van der Waals surface area contributed by atoms with Crippen LogP contribution >= 0.6 is 0 Å². The maximum absolute atomic E-state index is 12.7. The van der Waals surface area contributed by atoms with Crippen LogP contribution in [0, 0.1) is 5.92 Å². The fraction of sp³-hybridized carbons (Fsp3) is 0.529. The molecule has 0 N–H and O–H groups in total. The number of alkyl halides is 3. The lowest BCUT2D eigenvalue weighted by atomic mass is 9.92. The Hall–Kier alpha value is -2.45. The first-order chi connectivity index (χ1) is 12.0. The van der Waals surface area contributed by atoms with Crippen LogP contribution < -0.4 is 10.5 Å². The van der Waals surface area contributed by atoms with Gasteiger partial charge in [-0.2, -0.15) is 18.3 Å². The van der Waals surface area contributed by atoms with Crippen molar-refractivity contribution in [3.8, 4) is 0 Å². The predicted octanol–water partition coefficient (Wildman–Crippen LogP) is 2.49. The Morgan fingerprint density at radius 1 is 1.12 bits per heavy atom. The van der Waals surface area contributed by atoms with Gasteiger partial charge in [0, 0.05) is 36.6 Å². The smallest absolute Gasteiger partial charge is 0.356 e. The molecule has 1 saturated heterocycles. The summed E-state index contributed by atoms with van der Waals surface area (Å²) in [6, 6.07) is 4.18. The summed E-state index contributed by atoms with van der Waals surface area (Å²) in [5.41, 5.74) is -0.491. The summed E-state index contributed by atoms with van der Waals surface area (Å²) < 4.78 is 39.7. The summed E-state index contributed by atoms with van der Waals surface area (Å²) in [7, 11) is 0. The number of hydrogen-bond donors (Lipinski definition) is 0. The SMILES string of the molecule is CC(C)(C)c1ccc(=O)n(CC2CN(c3cc(C(F)(F)F)ncn3)C2)n1. The van der Waals surface area contributed by atoms with E-state index in [9.17, 15) is 18.0 Å². The molecule has 26 heavy (non-hydrogen) atoms. The van der Waals surface area contributed by atoms with E-state index in [1.54, 1.807) is 11.0 Å². The second-order valence-corrected chi connectivity index (χ2v) is 7.52. The molecule has 2 aromatic heterocycles. The van der Waals surface area contributed by atoms with Gasteiger partial charge in [0.05, 0.1) is 12.2 Å². The first-order valence-electron chi connectivity index (χ1n) is 8.27. The largest absolute Gasteiger partial charge is 0.433 e. The van der Waals surface area contributed by atoms with Crippen LogP contribution in [0.3, 0.4) is 0 Å². The Morgan fingerprint density at radius 2 is 1.81 bits per heavy atom. The van der Waals surface area contributed by atoms with Crippen molar-refractivity contribution in [2.45, 2.75) is 38.9 Å². The molecule has 9 heteroatoms. The molecule has 2 aromatic rings. The number of hydrogen-bond acceptors (Lipinski definition) is 5. The molecule has 0 spiro atoms. The van der Waals surface area contributed by atoms with Gasteiger partial charge in [0.15, 0.2) is 0 Å². The summed E-state index contributed by atoms with van der Waals surface area (Å²) in [6.45, 7) is 7.51. The maximum atomic E-state index is 12.7. The van der Waals surface area contributed by atoms with Gasteiger partial charge >= 0.3 is 6.18 Å². The summed E-state index contributed by atoms with van der Waals surface area (Å²) in [5, 5.41) is 4.42. The van der Waals surface area contributed by atoms with Gasteiger partial charge in [-0.15, -0.1) is 0 Å². The van der Waals surface area contributed by atoms with Crippen LogP contribution in [0.15, 0.2) is 29.3 Å². The molecule has 0 radical (unpaired) electrons. The molecule has 0 saturated carbocycles. The van der Waals surface area contributed by atoms with Crippen LogP contribution in [0.4, 0.5) is 19.0 Å². The molecule has 0 aliphatic carbocycles. The number of anilines is 1. The Morgan fingerprint density at radius 3 is 2.42 bits per heavy atom. The van der Waals surface area contributed by atoms with E-state index in [4.69, 9.17) is 0 Å². The third-order valence-corrected chi connectivity index (χ3v) is 4.29. The summed E-state index contributed by atoms with van der Waals surface area (Å²) in [4.78, 5) is 20.9. The van der Waals surface area contributed by atoms with E-state index in [1.165, 1.54) is 10.7 Å². The van der Waals surface area contributed by atoms with Crippen LogP contribution in [-0.4, -0.2) is 32.8 Å². The van der Waals surface area contributed by atoms with Gasteiger partial charge in [-0.3, -0.25) is 4.79 Å². The predicted molar refractivity (Wildman–Crippen MR) is 89.9 cm³/mol. The highest BCUT2D eigenvalue weighted by molar-refractivity contribution is 5.42. The zero-order valence-corrected chi connectivity index (χ0v) is 14.8. The molecular weight excluding hydrogens is 347 g/mol. The Labute approximate surface area is 148 Å². The van der Waals surface area contributed by atoms with Crippen molar-refractivity contribution in [1.82, 2.24) is 19.7 Å². The van der Waals surface area contributed by atoms with E-state index in [0.29, 0.717) is 19.6 Å². The average Bonchev–Trinajstić information content (AvgIpc) is 2.50. The molecule has 3 rings (SSSR count). The zero-order chi connectivity index (χ0) is 19.1. The molecule has 140 valence electrons. The number of rotatable bonds is 3. The number of aromatic nitrogens is 4. The van der Waals surface area contributed by atoms with Gasteiger partial charge in [-0.25, -0.2) is 14.6 Å². The lowest BCUT2D eigenvalue weighted by Gasteiger charge is -2.40. The second-order valence-electron chi connectivity index (χ2n) is 7.52. The minimum atomic E-state index is -4.49. The Bertz CT molecular complexity index is 850. The van der Waals surface area contributed by atoms with Crippen LogP contribution in [0.2, 0.25) is 0 Å². The van der Waals surface area contributed by atoms with Crippen LogP contribution in [-0.2, 0) is 18.1 Å². The summed E-state index contributed by atoms with van der Waals surface area (Å²) in [6.07, 6.45) is -3.57. The van der Waals surface area contributed by atoms with E-state index in [1.807, 2.05) is 20.8 Å². The molecule has 0 bridgehead atoms. The van der Waals surface area contributed by atoms with Gasteiger partial charge < -0.3 is 4.90 Å². The molecule has 0 atom stereocenters. The van der Waals surface area contributed by atoms with Crippen molar-refractivity contribution < 1.29 is 13.2 Å². The molecule has 1 aliphatic heterocycles. The lowest BCUT2D eigenvalue weighted by molar-refractivity contribution is -0.141. The van der Waals surface area contributed by atoms with Crippen molar-refractivity contribution in [3.05, 3.63) is 46.3 Å². The van der Waals surface area contributed by atoms with Crippen molar-refractivity contribution in [3.63, 3.8) is 0 Å². The van der Waals surface area contributed by atoms with Gasteiger partial charge in [-0.1, -0.05) is 20.8 Å². The third-order valence-electron chi connectivity index (χ3n) is 4.29. The van der Waals surface area contributed by atoms with E-state index in [0.717, 1.165) is 18.1 Å². The second kappa shape index (κ2) is 6.37. The monoisotopic (exact) mass is 367 g/mol. The standard InChI is InChI=1S/C17H20F3N5O/c1-16(2,3)12-4-5-15(26)25(23-12)9-11-7-24(8-11)14-6-13(17(18,19)20)21-10-22-14/h4-6,10-11H,7-9H2,1-3H3. The molecule has 0 aromatic carbocycles. The van der Waals surface area contributed by atoms with E-state index in [-0.39, 0.29) is 22.7 Å². The molecule has 3 heterocycles. The first kappa shape index (κ1) is 18.3. The summed E-state index contributed by atoms with van der Waals surface area (Å²) in [5.74, 6) is 0.368. The third kappa shape index (κ3) is 3.86. The van der Waals surface area contributed by atoms with Crippen LogP contribution in [0.5, 0.6) is 0 Å². The molecular formula is C17H20F3N5O. The molecule has 1 aliphatic rings. The van der Waals surface area contributed by atoms with Crippen LogP contribution in [0.25, 0.3) is 0 Å². The molecule has 6 nitrogen and oxygen atoms in total. The number of halogens is 3. The zero-order valence-electron chi connectivity index (χ0n) is 14.8. The Kier molecular flexibility index (Phi) is 4.49. The van der Waals surface area contributed by atoms with E-state index < -0.39 is 11.9 Å². The fourth-order valence-electron chi connectivity index (χ4n) is 2.77. The van der Waals surface area contributed by atoms with Gasteiger partial charge in [0.1, 0.15) is 17.8 Å². The quantitative estimate of drug-likeness (QED) is 0.834. The molecule has 0 amide bonds. The van der Waals surface area contributed by atoms with Crippen molar-refractivity contribution in [2.24, 2.45) is 5.92 Å². The molecule has 0 unspecified atom stereocenters. The van der Waals surface area contributed by atoms with E-state index >= 15 is 0 Å². The molecule has 1 fully saturated rings. The van der Waals surface area contributed by atoms with Crippen molar-refractivity contribution in [1.29, 1.82) is 0 Å². The van der Waals surface area contributed by atoms with Gasteiger partial charge in [0.25, 0.3) is 5.56 Å². The minimum absolute atomic E-state index is 0.125. The highest BCUT2D eigenvalue weighted by Gasteiger charge is 2.35. The van der Waals surface area contributed by atoms with Crippen molar-refractivity contribution >= 4 is 5.82 Å². The number of nitrogens with zero attached hydrogens (tertiary/aromatic N) is 5. The first-order valence-corrected chi connectivity index (χ1v) is 8.27. The topological polar surface area (TPSA) is 63.9 Å². The van der Waals surface area contributed by atoms with Crippen LogP contribution in [0.1, 0.15) is 32.2 Å². The Balaban J connectivity index is 1.67. The maximum Gasteiger partial charge on any atom is 0.433 e. The lowest BCUT2D eigenvalue weighted by Crippen LogP contribution is -2.50. The normalized spacial score (nSPS) is 15.8. The highest BCUT2D eigenvalue weighted by atomic mass is 19.4. The van der Waals surface area contributed by atoms with Gasteiger partial charge in [0.2, 0.25) is 0 Å². The average molecular weight is 367 g/mol. The minimum Gasteiger partial charge on any atom is -0.356 e. The summed E-state index contributed by atoms with van der Waals surface area (Å²) >= 11 is 0. The fourth-order valence-corrected chi connectivity index (χ4v) is 2.77. The van der Waals surface area contributed by atoms with Crippen molar-refractivity contribution in [2.75, 3.05) is 18.0 Å². The van der Waals surface area contributed by atoms with Gasteiger partial charge in [-0.05, 0) is 6.07 Å². The van der Waals surface area contributed by atoms with E-state index in [2.05, 4.69) is 15.1 Å².